The highest BCUT2D eigenvalue weighted by atomic mass is 32.2. The topological polar surface area (TPSA) is 291 Å². The highest BCUT2D eigenvalue weighted by Gasteiger charge is 2.47. The first-order valence-corrected chi connectivity index (χ1v) is 36.9. The van der Waals surface area contributed by atoms with Gasteiger partial charge in [-0.3, -0.25) is 52.7 Å². The third-order valence-electron chi connectivity index (χ3n) is 18.8. The molecule has 1 aliphatic heterocycles. The summed E-state index contributed by atoms with van der Waals surface area (Å²) >= 11 is 1.17. The fraction of sp³-hybridized carbons (Fsp3) is 0.795. The molecule has 5 N–H and O–H groups in total. The van der Waals surface area contributed by atoms with Gasteiger partial charge in [-0.15, -0.1) is 18.3 Å². The van der Waals surface area contributed by atoms with Crippen molar-refractivity contribution in [2.24, 2.45) is 35.5 Å². The first-order chi connectivity index (χ1) is 45.8. The van der Waals surface area contributed by atoms with Crippen LogP contribution in [0.5, 0.6) is 0 Å². The maximum absolute atomic E-state index is 15.7. The quantitative estimate of drug-likeness (QED) is 0.0535. The van der Waals surface area contributed by atoms with E-state index in [1.807, 2.05) is 54.5 Å². The maximum atomic E-state index is 15.7. The fourth-order valence-electron chi connectivity index (χ4n) is 12.5. The Bertz CT molecular complexity index is 2710. The minimum Gasteiger partial charge on any atom is -0.390 e. The van der Waals surface area contributed by atoms with Crippen molar-refractivity contribution in [2.75, 3.05) is 74.8 Å². The zero-order valence-corrected chi connectivity index (χ0v) is 66.3. The summed E-state index contributed by atoms with van der Waals surface area (Å²) in [5, 5.41) is 22.3. The Morgan fingerprint density at radius 3 is 1.51 bits per heavy atom. The second kappa shape index (κ2) is 42.3. The van der Waals surface area contributed by atoms with E-state index in [0.717, 1.165) is 11.4 Å². The molecule has 26 heteroatoms. The normalized spacial score (nSPS) is 25.7. The van der Waals surface area contributed by atoms with Crippen LogP contribution in [0.25, 0.3) is 0 Å². The second-order valence-corrected chi connectivity index (χ2v) is 31.2. The number of allylic oxidation sites excluding steroid dienone is 2. The predicted molar refractivity (Wildman–Crippen MR) is 392 cm³/mol. The predicted octanol–water partition coefficient (Wildman–Crippen LogP) is 5.77. The third-order valence-corrected chi connectivity index (χ3v) is 20.1. The van der Waals surface area contributed by atoms with Gasteiger partial charge in [0.2, 0.25) is 59.1 Å². The second-order valence-electron chi connectivity index (χ2n) is 30.0. The Labute approximate surface area is 599 Å². The van der Waals surface area contributed by atoms with Crippen molar-refractivity contribution in [3.63, 3.8) is 0 Å². The van der Waals surface area contributed by atoms with Crippen LogP contribution < -0.4 is 21.3 Å². The number of hydrogen-bond acceptors (Lipinski definition) is 15. The smallest absolute Gasteiger partial charge is 0.256 e. The molecule has 1 heterocycles. The van der Waals surface area contributed by atoms with E-state index >= 15 is 38.4 Å². The van der Waals surface area contributed by atoms with Crippen LogP contribution in [0.1, 0.15) is 183 Å². The lowest BCUT2D eigenvalue weighted by molar-refractivity contribution is -0.157. The van der Waals surface area contributed by atoms with Crippen molar-refractivity contribution >= 4 is 76.7 Å². The zero-order chi connectivity index (χ0) is 76.6. The van der Waals surface area contributed by atoms with Crippen LogP contribution >= 0.6 is 11.8 Å². The van der Waals surface area contributed by atoms with Gasteiger partial charge < -0.3 is 70.3 Å². The van der Waals surface area contributed by atoms with Crippen LogP contribution in [0, 0.1) is 35.5 Å². The van der Waals surface area contributed by atoms with E-state index in [2.05, 4.69) is 53.5 Å². The molecule has 0 aliphatic carbocycles. The lowest BCUT2D eigenvalue weighted by atomic mass is 9.91. The van der Waals surface area contributed by atoms with Gasteiger partial charge in [-0.25, -0.2) is 0 Å². The minimum absolute atomic E-state index is 0.0201. The zero-order valence-electron chi connectivity index (χ0n) is 65.5. The molecule has 568 valence electrons. The van der Waals surface area contributed by atoms with Crippen LogP contribution in [-0.2, 0) is 57.5 Å². The largest absolute Gasteiger partial charge is 0.390 e. The van der Waals surface area contributed by atoms with Crippen LogP contribution in [-0.4, -0.2) is 268 Å². The number of likely N-dealkylation sites (N-methyl/N-ethyl adjacent to an activating group) is 7. The molecule has 1 aliphatic rings. The van der Waals surface area contributed by atoms with E-state index in [1.54, 1.807) is 67.5 Å². The van der Waals surface area contributed by atoms with E-state index in [-0.39, 0.29) is 68.9 Å². The van der Waals surface area contributed by atoms with Crippen molar-refractivity contribution in [1.29, 1.82) is 0 Å². The lowest BCUT2D eigenvalue weighted by Gasteiger charge is -2.41. The first kappa shape index (κ1) is 90.9. The van der Waals surface area contributed by atoms with Crippen LogP contribution in [0.15, 0.2) is 24.8 Å². The molecule has 0 aromatic heterocycles. The Morgan fingerprint density at radius 1 is 0.556 bits per heavy atom. The van der Waals surface area contributed by atoms with Gasteiger partial charge in [0.15, 0.2) is 5.37 Å². The van der Waals surface area contributed by atoms with Crippen molar-refractivity contribution in [1.82, 2.24) is 60.5 Å². The molecule has 1 saturated heterocycles. The fourth-order valence-corrected chi connectivity index (χ4v) is 13.6. The molecule has 1 fully saturated rings. The van der Waals surface area contributed by atoms with Gasteiger partial charge in [-0.2, -0.15) is 0 Å². The minimum atomic E-state index is -1.66. The summed E-state index contributed by atoms with van der Waals surface area (Å²) in [4.78, 5) is 177. The van der Waals surface area contributed by atoms with Gasteiger partial charge in [0.05, 0.1) is 18.3 Å². The molecule has 0 aromatic carbocycles. The van der Waals surface area contributed by atoms with Gasteiger partial charge in [-0.1, -0.05) is 108 Å². The number of aliphatic hydroxyl groups excluding tert-OH is 1. The SMILES string of the molecule is C=CCOC(C)(C)C[C@H]1C(=O)N[C@@H](C(C)C)C(=O)N(C)[C@@H](CC(C)C)C(=O)N[C@@H](C)C(=O)N[C@H](C)C(=O)N(C)[C@@H](CC(C)C)C(=O)N(C)[C@@H](CC(C)C)C(=O)N(C)[C@@H](C(C)C)C(=O)N(C)[C@@H]([C@H](O)[C@H](C)C/C=C/C)C(=O)N[C@@H](CC)C(=O)N(C)[C@H](SCCCN(CC)C(C)C)C(=O)N1C. The number of nitrogens with zero attached hydrogens (tertiary/aromatic N) is 8. The van der Waals surface area contributed by atoms with Crippen LogP contribution in [0.2, 0.25) is 0 Å². The van der Waals surface area contributed by atoms with Crippen molar-refractivity contribution < 1.29 is 62.6 Å². The lowest BCUT2D eigenvalue weighted by Crippen LogP contribution is -2.64. The van der Waals surface area contributed by atoms with E-state index in [4.69, 9.17) is 4.74 Å². The summed E-state index contributed by atoms with van der Waals surface area (Å²) in [6, 6.07) is -12.8. The molecule has 0 aromatic rings. The van der Waals surface area contributed by atoms with Gasteiger partial charge in [0.25, 0.3) is 5.91 Å². The number of hydrogen-bond donors (Lipinski definition) is 5. The van der Waals surface area contributed by atoms with E-state index < -0.39 is 160 Å². The highest BCUT2D eigenvalue weighted by molar-refractivity contribution is 8.00. The van der Waals surface area contributed by atoms with Crippen LogP contribution in [0.3, 0.4) is 0 Å². The molecule has 25 nitrogen and oxygen atoms in total. The summed E-state index contributed by atoms with van der Waals surface area (Å²) in [7, 11) is 10.0. The molecule has 0 spiro atoms. The molecule has 13 atom stereocenters. The number of aliphatic hydroxyl groups is 1. The van der Waals surface area contributed by atoms with Gasteiger partial charge in [0.1, 0.15) is 60.4 Å². The van der Waals surface area contributed by atoms with Crippen molar-refractivity contribution in [3.8, 4) is 0 Å². The number of carbonyl (C=O) groups excluding carboxylic acids is 11. The Balaban J connectivity index is 4.68. The van der Waals surface area contributed by atoms with Gasteiger partial charge >= 0.3 is 0 Å². The monoisotopic (exact) mass is 1420 g/mol. The van der Waals surface area contributed by atoms with E-state index in [9.17, 15) is 19.5 Å². The summed E-state index contributed by atoms with van der Waals surface area (Å²) in [5.41, 5.74) is -1.11. The Kier molecular flexibility index (Phi) is 38.9. The number of rotatable bonds is 25. The molecule has 0 bridgehead atoms. The first-order valence-electron chi connectivity index (χ1n) is 35.8. The summed E-state index contributed by atoms with van der Waals surface area (Å²) in [6.45, 7) is 41.2. The Morgan fingerprint density at radius 2 is 1.03 bits per heavy atom. The maximum Gasteiger partial charge on any atom is 0.256 e. The summed E-state index contributed by atoms with van der Waals surface area (Å²) in [5.74, 6) is -9.69. The summed E-state index contributed by atoms with van der Waals surface area (Å²) < 4.78 is 6.18. The molecule has 99 heavy (non-hydrogen) atoms. The molecule has 0 unspecified atom stereocenters. The number of thioether (sulfide) groups is 1. The third kappa shape index (κ3) is 26.7. The Hall–Kier alpha value is -6.12. The van der Waals surface area contributed by atoms with Gasteiger partial charge in [0, 0.05) is 61.8 Å². The summed E-state index contributed by atoms with van der Waals surface area (Å²) in [6.07, 6.45) is 4.75. The average molecular weight is 1420 g/mol. The molecular weight excluding hydrogens is 1280 g/mol. The van der Waals surface area contributed by atoms with E-state index in [0.29, 0.717) is 18.7 Å². The van der Waals surface area contributed by atoms with Crippen LogP contribution in [0.4, 0.5) is 0 Å². The molecule has 0 saturated carbocycles. The van der Waals surface area contributed by atoms with Crippen molar-refractivity contribution in [3.05, 3.63) is 24.8 Å². The number of ether oxygens (including phenoxy) is 1. The molecule has 0 radical (unpaired) electrons. The molecular formula is C73H132N12O13S. The molecule has 1 rings (SSSR count). The number of nitrogens with one attached hydrogen (secondary N) is 4. The standard InChI is InChI=1S/C73H132N12O13S/c1-29-33-35-49(17)60(86)59-64(90)76-52(31-3)66(92)84(28)72(99-38-34-36-85(32-4)48(15)16)71(97)81(25)56(42-73(20,21)98-37-30-2)63(89)77-57(46(11)12)69(95)78(22)53(39-43(5)6)62(88)74-50(18)61(87)75-51(19)65(91)79(23)54(40-44(7)8)67(93)80(24)55(41-45(9)10)68(94)82(26)58(47(13)14)70(96)83(59)27/h29-30,33,43-60,72,86H,2,31-32,34-42H2,1,3-28H3,(H,74,88)(H,75,87)(H,76,90)(H,77,89)/b33-29+/t49-,50+,51-,52+,53+,54+,55+,56+,57+,58+,59+,60-,72-/m1/s1. The molecule has 11 amide bonds. The average Bonchev–Trinajstić information content (AvgIpc) is 0.819. The van der Waals surface area contributed by atoms with E-state index in [1.165, 1.54) is 104 Å². The van der Waals surface area contributed by atoms with Crippen molar-refractivity contribution in [2.45, 2.75) is 267 Å². The number of amides is 11. The van der Waals surface area contributed by atoms with Gasteiger partial charge in [-0.05, 0) is 141 Å². The number of carbonyl (C=O) groups is 11. The highest BCUT2D eigenvalue weighted by Crippen LogP contribution is 2.29.